The molecule has 0 aliphatic heterocycles. The lowest BCUT2D eigenvalue weighted by molar-refractivity contribution is 0.0977. The average Bonchev–Trinajstić information content (AvgIpc) is 2.56. The summed E-state index contributed by atoms with van der Waals surface area (Å²) in [6, 6.07) is 9.37. The highest BCUT2D eigenvalue weighted by molar-refractivity contribution is 14.1. The maximum absolute atomic E-state index is 13.8. The van der Waals surface area contributed by atoms with Crippen LogP contribution in [0, 0.1) is 9.39 Å². The summed E-state index contributed by atoms with van der Waals surface area (Å²) in [6.07, 6.45) is 0. The second kappa shape index (κ2) is 8.25. The van der Waals surface area contributed by atoms with Gasteiger partial charge in [0.05, 0.1) is 19.9 Å². The normalized spacial score (nSPS) is 10.0. The zero-order valence-corrected chi connectivity index (χ0v) is 15.8. The molecule has 8 heteroatoms. The molecular formula is C16H14FIN2O3S. The first kappa shape index (κ1) is 18.4. The van der Waals surface area contributed by atoms with E-state index in [0.29, 0.717) is 17.1 Å². The minimum Gasteiger partial charge on any atom is -0.497 e. The molecule has 0 aromatic heterocycles. The van der Waals surface area contributed by atoms with E-state index in [1.54, 1.807) is 30.3 Å². The molecule has 0 radical (unpaired) electrons. The summed E-state index contributed by atoms with van der Waals surface area (Å²) in [6.45, 7) is 0. The molecular weight excluding hydrogens is 446 g/mol. The molecule has 0 saturated carbocycles. The molecule has 2 aromatic rings. The molecule has 2 rings (SSSR count). The van der Waals surface area contributed by atoms with Crippen LogP contribution in [0.1, 0.15) is 10.4 Å². The van der Waals surface area contributed by atoms with Crippen molar-refractivity contribution in [3.05, 3.63) is 51.3 Å². The first-order valence-electron chi connectivity index (χ1n) is 6.73. The van der Waals surface area contributed by atoms with Gasteiger partial charge in [0.1, 0.15) is 17.3 Å². The van der Waals surface area contributed by atoms with Crippen molar-refractivity contribution < 1.29 is 18.7 Å². The van der Waals surface area contributed by atoms with Crippen LogP contribution < -0.4 is 20.1 Å². The monoisotopic (exact) mass is 460 g/mol. The second-order valence-electron chi connectivity index (χ2n) is 4.63. The van der Waals surface area contributed by atoms with Gasteiger partial charge in [-0.2, -0.15) is 0 Å². The number of thiocarbonyl (C=S) groups is 1. The summed E-state index contributed by atoms with van der Waals surface area (Å²) in [5, 5.41) is 5.13. The highest BCUT2D eigenvalue weighted by Crippen LogP contribution is 2.22. The fourth-order valence-electron chi connectivity index (χ4n) is 1.86. The molecule has 0 aliphatic rings. The number of rotatable bonds is 4. The van der Waals surface area contributed by atoms with Gasteiger partial charge in [0.25, 0.3) is 5.91 Å². The SMILES string of the molecule is COc1cc(OC)cc(C(=O)NC(=S)Nc2ccc(I)cc2F)c1. The van der Waals surface area contributed by atoms with Gasteiger partial charge in [-0.25, -0.2) is 4.39 Å². The van der Waals surface area contributed by atoms with E-state index in [1.165, 1.54) is 20.3 Å². The van der Waals surface area contributed by atoms with Crippen molar-refractivity contribution in [1.29, 1.82) is 0 Å². The third-order valence-electron chi connectivity index (χ3n) is 3.02. The topological polar surface area (TPSA) is 59.6 Å². The lowest BCUT2D eigenvalue weighted by Crippen LogP contribution is -2.34. The molecule has 0 spiro atoms. The van der Waals surface area contributed by atoms with Crippen LogP contribution in [0.15, 0.2) is 36.4 Å². The van der Waals surface area contributed by atoms with Crippen molar-refractivity contribution in [2.45, 2.75) is 0 Å². The molecule has 126 valence electrons. The third-order valence-corrected chi connectivity index (χ3v) is 3.90. The minimum atomic E-state index is -0.462. The fourth-order valence-corrected chi connectivity index (χ4v) is 2.51. The van der Waals surface area contributed by atoms with Gasteiger partial charge in [-0.05, 0) is 65.1 Å². The molecule has 0 aliphatic carbocycles. The highest BCUT2D eigenvalue weighted by Gasteiger charge is 2.12. The quantitative estimate of drug-likeness (QED) is 0.540. The number of anilines is 1. The Morgan fingerprint density at radius 2 is 1.75 bits per heavy atom. The Hall–Kier alpha value is -1.94. The summed E-state index contributed by atoms with van der Waals surface area (Å²) >= 11 is 7.06. The number of benzene rings is 2. The van der Waals surface area contributed by atoms with Gasteiger partial charge < -0.3 is 14.8 Å². The Balaban J connectivity index is 2.10. The van der Waals surface area contributed by atoms with Gasteiger partial charge in [0, 0.05) is 15.2 Å². The van der Waals surface area contributed by atoms with E-state index in [4.69, 9.17) is 21.7 Å². The van der Waals surface area contributed by atoms with Gasteiger partial charge in [-0.1, -0.05) is 0 Å². The Bertz CT molecular complexity index is 764. The van der Waals surface area contributed by atoms with Gasteiger partial charge >= 0.3 is 0 Å². The van der Waals surface area contributed by atoms with Crippen molar-refractivity contribution in [2.24, 2.45) is 0 Å². The summed E-state index contributed by atoms with van der Waals surface area (Å²) in [5.41, 5.74) is 0.488. The average molecular weight is 460 g/mol. The van der Waals surface area contributed by atoms with Gasteiger partial charge in [-0.15, -0.1) is 0 Å². The number of methoxy groups -OCH3 is 2. The van der Waals surface area contributed by atoms with E-state index < -0.39 is 11.7 Å². The van der Waals surface area contributed by atoms with E-state index in [2.05, 4.69) is 10.6 Å². The Kier molecular flexibility index (Phi) is 6.32. The molecule has 0 heterocycles. The first-order chi connectivity index (χ1) is 11.4. The fraction of sp³-hybridized carbons (Fsp3) is 0.125. The van der Waals surface area contributed by atoms with Crippen LogP contribution in [0.2, 0.25) is 0 Å². The summed E-state index contributed by atoms with van der Waals surface area (Å²) in [5.74, 6) is 0.0290. The van der Waals surface area contributed by atoms with Crippen LogP contribution in [-0.4, -0.2) is 25.2 Å². The van der Waals surface area contributed by atoms with Crippen molar-refractivity contribution in [1.82, 2.24) is 5.32 Å². The molecule has 2 N–H and O–H groups in total. The Morgan fingerprint density at radius 3 is 2.29 bits per heavy atom. The molecule has 0 unspecified atom stereocenters. The van der Waals surface area contributed by atoms with Crippen LogP contribution in [0.25, 0.3) is 0 Å². The predicted molar refractivity (Wildman–Crippen MR) is 102 cm³/mol. The van der Waals surface area contributed by atoms with Crippen LogP contribution in [0.4, 0.5) is 10.1 Å². The lowest BCUT2D eigenvalue weighted by Gasteiger charge is -2.12. The number of halogens is 2. The molecule has 5 nitrogen and oxygen atoms in total. The van der Waals surface area contributed by atoms with Gasteiger partial charge in [-0.3, -0.25) is 10.1 Å². The van der Waals surface area contributed by atoms with E-state index in [0.717, 1.165) is 3.57 Å². The number of hydrogen-bond acceptors (Lipinski definition) is 4. The van der Waals surface area contributed by atoms with E-state index >= 15 is 0 Å². The number of amides is 1. The largest absolute Gasteiger partial charge is 0.497 e. The van der Waals surface area contributed by atoms with E-state index in [-0.39, 0.29) is 10.8 Å². The second-order valence-corrected chi connectivity index (χ2v) is 6.29. The maximum atomic E-state index is 13.8. The molecule has 0 atom stereocenters. The summed E-state index contributed by atoms with van der Waals surface area (Å²) < 4.78 is 24.8. The Morgan fingerprint density at radius 1 is 1.12 bits per heavy atom. The standard InChI is InChI=1S/C16H14FIN2O3S/c1-22-11-5-9(6-12(8-11)23-2)15(21)20-16(24)19-14-4-3-10(18)7-13(14)17/h3-8H,1-2H3,(H2,19,20,21,24). The third kappa shape index (κ3) is 4.78. The molecule has 0 saturated heterocycles. The number of hydrogen-bond donors (Lipinski definition) is 2. The van der Waals surface area contributed by atoms with E-state index in [9.17, 15) is 9.18 Å². The number of nitrogens with one attached hydrogen (secondary N) is 2. The zero-order chi connectivity index (χ0) is 17.7. The molecule has 0 bridgehead atoms. The Labute approximate surface area is 157 Å². The van der Waals surface area contributed by atoms with Crippen molar-refractivity contribution >= 4 is 51.5 Å². The highest BCUT2D eigenvalue weighted by atomic mass is 127. The van der Waals surface area contributed by atoms with Crippen LogP contribution in [-0.2, 0) is 0 Å². The first-order valence-corrected chi connectivity index (χ1v) is 8.22. The van der Waals surface area contributed by atoms with Gasteiger partial charge in [0.15, 0.2) is 5.11 Å². The molecule has 24 heavy (non-hydrogen) atoms. The van der Waals surface area contributed by atoms with Crippen LogP contribution in [0.3, 0.4) is 0 Å². The number of carbonyl (C=O) groups excluding carboxylic acids is 1. The van der Waals surface area contributed by atoms with Crippen LogP contribution >= 0.6 is 34.8 Å². The van der Waals surface area contributed by atoms with E-state index in [1.807, 2.05) is 22.6 Å². The summed E-state index contributed by atoms with van der Waals surface area (Å²) in [4.78, 5) is 12.3. The number of carbonyl (C=O) groups is 1. The molecule has 2 aromatic carbocycles. The zero-order valence-electron chi connectivity index (χ0n) is 12.9. The summed E-state index contributed by atoms with van der Waals surface area (Å²) in [7, 11) is 2.98. The maximum Gasteiger partial charge on any atom is 0.257 e. The van der Waals surface area contributed by atoms with Gasteiger partial charge in [0.2, 0.25) is 0 Å². The predicted octanol–water partition coefficient (Wildman–Crippen LogP) is 3.57. The molecule has 0 fully saturated rings. The molecule has 1 amide bonds. The minimum absolute atomic E-state index is 0.0121. The van der Waals surface area contributed by atoms with Crippen molar-refractivity contribution in [2.75, 3.05) is 19.5 Å². The van der Waals surface area contributed by atoms with Crippen molar-refractivity contribution in [3.8, 4) is 11.5 Å². The van der Waals surface area contributed by atoms with Crippen molar-refractivity contribution in [3.63, 3.8) is 0 Å². The smallest absolute Gasteiger partial charge is 0.257 e. The van der Waals surface area contributed by atoms with Crippen LogP contribution in [0.5, 0.6) is 11.5 Å². The lowest BCUT2D eigenvalue weighted by atomic mass is 10.2. The number of ether oxygens (including phenoxy) is 2.